The summed E-state index contributed by atoms with van der Waals surface area (Å²) < 4.78 is 10.5. The third-order valence-electron chi connectivity index (χ3n) is 3.74. The number of hydrogen-bond donors (Lipinski definition) is 2. The number of amides is 1. The van der Waals surface area contributed by atoms with Gasteiger partial charge in [0.05, 0.1) is 14.2 Å². The first-order chi connectivity index (χ1) is 10.7. The maximum absolute atomic E-state index is 12.0. The van der Waals surface area contributed by atoms with Crippen molar-refractivity contribution in [3.8, 4) is 11.5 Å². The molecule has 1 atom stereocenters. The Hall–Kier alpha value is -2.17. The minimum absolute atomic E-state index is 0.127. The fraction of sp³-hybridized carbons (Fsp3) is 0.471. The van der Waals surface area contributed by atoms with E-state index in [4.69, 9.17) is 9.47 Å². The molecule has 1 aliphatic rings. The predicted octanol–water partition coefficient (Wildman–Crippen LogP) is 2.59. The van der Waals surface area contributed by atoms with Crippen molar-refractivity contribution in [3.05, 3.63) is 30.4 Å². The van der Waals surface area contributed by atoms with Crippen LogP contribution in [0.1, 0.15) is 19.3 Å². The Morgan fingerprint density at radius 2 is 1.86 bits per heavy atom. The molecule has 2 rings (SSSR count). The van der Waals surface area contributed by atoms with Crippen LogP contribution in [-0.2, 0) is 4.79 Å². The highest BCUT2D eigenvalue weighted by molar-refractivity contribution is 5.79. The highest BCUT2D eigenvalue weighted by Crippen LogP contribution is 2.25. The summed E-state index contributed by atoms with van der Waals surface area (Å²) in [5, 5.41) is 6.25. The smallest absolute Gasteiger partial charge is 0.223 e. The lowest BCUT2D eigenvalue weighted by atomic mass is 9.94. The van der Waals surface area contributed by atoms with E-state index in [1.807, 2.05) is 18.2 Å². The van der Waals surface area contributed by atoms with Gasteiger partial charge < -0.3 is 20.1 Å². The molecule has 0 saturated carbocycles. The van der Waals surface area contributed by atoms with Gasteiger partial charge in [0, 0.05) is 42.9 Å². The normalized spacial score (nSPS) is 16.9. The Labute approximate surface area is 131 Å². The van der Waals surface area contributed by atoms with Gasteiger partial charge in [-0.1, -0.05) is 12.2 Å². The first-order valence-electron chi connectivity index (χ1n) is 7.62. The second-order valence-corrected chi connectivity index (χ2v) is 5.30. The van der Waals surface area contributed by atoms with Gasteiger partial charge in [-0.3, -0.25) is 4.79 Å². The van der Waals surface area contributed by atoms with Crippen molar-refractivity contribution in [2.45, 2.75) is 19.3 Å². The quantitative estimate of drug-likeness (QED) is 0.600. The van der Waals surface area contributed by atoms with Crippen LogP contribution in [0.3, 0.4) is 0 Å². The van der Waals surface area contributed by atoms with Crippen LogP contribution in [0.25, 0.3) is 0 Å². The Morgan fingerprint density at radius 1 is 1.14 bits per heavy atom. The third kappa shape index (κ3) is 4.69. The number of hydrogen-bond acceptors (Lipinski definition) is 4. The molecule has 0 fully saturated rings. The maximum Gasteiger partial charge on any atom is 0.223 e. The zero-order chi connectivity index (χ0) is 15.8. The zero-order valence-electron chi connectivity index (χ0n) is 13.2. The molecule has 0 spiro atoms. The van der Waals surface area contributed by atoms with Crippen LogP contribution in [0.4, 0.5) is 5.69 Å². The van der Waals surface area contributed by atoms with Gasteiger partial charge >= 0.3 is 0 Å². The summed E-state index contributed by atoms with van der Waals surface area (Å²) in [6, 6.07) is 5.62. The fourth-order valence-electron chi connectivity index (χ4n) is 2.48. The molecule has 5 nitrogen and oxygen atoms in total. The lowest BCUT2D eigenvalue weighted by Crippen LogP contribution is -2.34. The second-order valence-electron chi connectivity index (χ2n) is 5.30. The number of rotatable bonds is 7. The number of anilines is 1. The molecule has 1 aliphatic carbocycles. The summed E-state index contributed by atoms with van der Waals surface area (Å²) in [6.45, 7) is 1.25. The van der Waals surface area contributed by atoms with Crippen molar-refractivity contribution in [2.24, 2.45) is 5.92 Å². The van der Waals surface area contributed by atoms with Gasteiger partial charge in [0.25, 0.3) is 0 Å². The van der Waals surface area contributed by atoms with E-state index in [1.165, 1.54) is 0 Å². The van der Waals surface area contributed by atoms with E-state index >= 15 is 0 Å². The van der Waals surface area contributed by atoms with E-state index in [-0.39, 0.29) is 11.8 Å². The molecule has 0 aromatic heterocycles. The zero-order valence-corrected chi connectivity index (χ0v) is 13.2. The Balaban J connectivity index is 1.76. The van der Waals surface area contributed by atoms with E-state index in [0.717, 1.165) is 36.4 Å². The Morgan fingerprint density at radius 3 is 2.45 bits per heavy atom. The molecule has 1 aromatic rings. The summed E-state index contributed by atoms with van der Waals surface area (Å²) >= 11 is 0. The summed E-state index contributed by atoms with van der Waals surface area (Å²) in [6.07, 6.45) is 7.03. The standard InChI is InChI=1S/C17H24N2O3/c1-21-15-10-14(11-16(12-15)22-2)18-8-9-19-17(20)13-6-4-3-5-7-13/h3-4,10-13,18H,5-9H2,1-2H3,(H,19,20). The van der Waals surface area contributed by atoms with Crippen LogP contribution in [0.5, 0.6) is 11.5 Å². The topological polar surface area (TPSA) is 59.6 Å². The molecule has 0 saturated heterocycles. The van der Waals surface area contributed by atoms with E-state index in [0.29, 0.717) is 13.1 Å². The highest BCUT2D eigenvalue weighted by Gasteiger charge is 2.17. The molecule has 5 heteroatoms. The largest absolute Gasteiger partial charge is 0.497 e. The first kappa shape index (κ1) is 16.2. The van der Waals surface area contributed by atoms with Crippen molar-refractivity contribution in [3.63, 3.8) is 0 Å². The molecule has 22 heavy (non-hydrogen) atoms. The Kier molecular flexibility index (Phi) is 6.13. The Bertz CT molecular complexity index is 506. The lowest BCUT2D eigenvalue weighted by Gasteiger charge is -2.17. The van der Waals surface area contributed by atoms with E-state index in [1.54, 1.807) is 14.2 Å². The lowest BCUT2D eigenvalue weighted by molar-refractivity contribution is -0.125. The van der Waals surface area contributed by atoms with E-state index in [9.17, 15) is 4.79 Å². The van der Waals surface area contributed by atoms with Gasteiger partial charge in [-0.15, -0.1) is 0 Å². The van der Waals surface area contributed by atoms with Crippen molar-refractivity contribution in [2.75, 3.05) is 32.6 Å². The molecule has 1 amide bonds. The molecule has 120 valence electrons. The SMILES string of the molecule is COc1cc(NCCNC(=O)C2CC=CCC2)cc(OC)c1. The number of ether oxygens (including phenoxy) is 2. The van der Waals surface area contributed by atoms with Gasteiger partial charge in [0.15, 0.2) is 0 Å². The maximum atomic E-state index is 12.0. The number of nitrogens with one attached hydrogen (secondary N) is 2. The van der Waals surface area contributed by atoms with Gasteiger partial charge in [-0.2, -0.15) is 0 Å². The molecule has 2 N–H and O–H groups in total. The molecular weight excluding hydrogens is 280 g/mol. The van der Waals surface area contributed by atoms with Crippen LogP contribution in [0.2, 0.25) is 0 Å². The molecule has 0 heterocycles. The number of carbonyl (C=O) groups is 1. The summed E-state index contributed by atoms with van der Waals surface area (Å²) in [7, 11) is 3.24. The number of methoxy groups -OCH3 is 2. The van der Waals surface area contributed by atoms with Crippen molar-refractivity contribution in [1.29, 1.82) is 0 Å². The van der Waals surface area contributed by atoms with Crippen LogP contribution in [0.15, 0.2) is 30.4 Å². The van der Waals surface area contributed by atoms with Crippen molar-refractivity contribution >= 4 is 11.6 Å². The monoisotopic (exact) mass is 304 g/mol. The highest BCUT2D eigenvalue weighted by atomic mass is 16.5. The van der Waals surface area contributed by atoms with Gasteiger partial charge in [0.2, 0.25) is 5.91 Å². The van der Waals surface area contributed by atoms with Crippen LogP contribution in [-0.4, -0.2) is 33.2 Å². The van der Waals surface area contributed by atoms with Gasteiger partial charge in [-0.05, 0) is 19.3 Å². The average molecular weight is 304 g/mol. The van der Waals surface area contributed by atoms with E-state index in [2.05, 4.69) is 22.8 Å². The van der Waals surface area contributed by atoms with Crippen molar-refractivity contribution < 1.29 is 14.3 Å². The summed E-state index contributed by atoms with van der Waals surface area (Å²) in [5.74, 6) is 1.75. The van der Waals surface area contributed by atoms with Crippen LogP contribution in [0, 0.1) is 5.92 Å². The molecule has 0 aliphatic heterocycles. The van der Waals surface area contributed by atoms with E-state index < -0.39 is 0 Å². The van der Waals surface area contributed by atoms with Crippen molar-refractivity contribution in [1.82, 2.24) is 5.32 Å². The van der Waals surface area contributed by atoms with Gasteiger partial charge in [-0.25, -0.2) is 0 Å². The fourth-order valence-corrected chi connectivity index (χ4v) is 2.48. The molecule has 1 unspecified atom stereocenters. The summed E-state index contributed by atoms with van der Waals surface area (Å²) in [4.78, 5) is 12.0. The second kappa shape index (κ2) is 8.32. The number of benzene rings is 1. The molecular formula is C17H24N2O3. The molecule has 0 radical (unpaired) electrons. The third-order valence-corrected chi connectivity index (χ3v) is 3.74. The molecule has 1 aromatic carbocycles. The molecule has 0 bridgehead atoms. The van der Waals surface area contributed by atoms with Crippen LogP contribution < -0.4 is 20.1 Å². The number of allylic oxidation sites excluding steroid dienone is 2. The number of carbonyl (C=O) groups excluding carboxylic acids is 1. The summed E-state index contributed by atoms with van der Waals surface area (Å²) in [5.41, 5.74) is 0.908. The average Bonchev–Trinajstić information content (AvgIpc) is 2.58. The predicted molar refractivity (Wildman–Crippen MR) is 87.5 cm³/mol. The minimum Gasteiger partial charge on any atom is -0.497 e. The van der Waals surface area contributed by atoms with Crippen LogP contribution >= 0.6 is 0 Å². The first-order valence-corrected chi connectivity index (χ1v) is 7.62. The van der Waals surface area contributed by atoms with Gasteiger partial charge in [0.1, 0.15) is 11.5 Å². The minimum atomic E-state index is 0.127.